The van der Waals surface area contributed by atoms with Gasteiger partial charge in [-0.25, -0.2) is 4.39 Å². The smallest absolute Gasteiger partial charge is 0.123 e. The van der Waals surface area contributed by atoms with Crippen LogP contribution in [0.3, 0.4) is 0 Å². The van der Waals surface area contributed by atoms with E-state index in [4.69, 9.17) is 0 Å². The second kappa shape index (κ2) is 4.88. The Kier molecular flexibility index (Phi) is 3.08. The molecular formula is C17H16FN. The highest BCUT2D eigenvalue weighted by Crippen LogP contribution is 2.33. The van der Waals surface area contributed by atoms with E-state index < -0.39 is 0 Å². The highest BCUT2D eigenvalue weighted by atomic mass is 19.1. The van der Waals surface area contributed by atoms with Gasteiger partial charge in [0, 0.05) is 24.4 Å². The molecule has 1 aliphatic heterocycles. The molecule has 1 atom stereocenters. The van der Waals surface area contributed by atoms with E-state index in [-0.39, 0.29) is 5.82 Å². The zero-order chi connectivity index (χ0) is 13.2. The Morgan fingerprint density at radius 2 is 1.79 bits per heavy atom. The third-order valence-electron chi connectivity index (χ3n) is 3.56. The van der Waals surface area contributed by atoms with Crippen molar-refractivity contribution >= 4 is 5.69 Å². The third-order valence-corrected chi connectivity index (χ3v) is 3.56. The SMILES string of the molecule is CC1C=CN(Cc2ccc(F)cc2)c2ccccc21. The van der Waals surface area contributed by atoms with Gasteiger partial charge in [-0.1, -0.05) is 43.3 Å². The van der Waals surface area contributed by atoms with Crippen LogP contribution in [0.25, 0.3) is 0 Å². The minimum Gasteiger partial charge on any atom is -0.344 e. The van der Waals surface area contributed by atoms with Crippen LogP contribution < -0.4 is 4.90 Å². The second-order valence-electron chi connectivity index (χ2n) is 4.94. The predicted octanol–water partition coefficient (Wildman–Crippen LogP) is 4.46. The van der Waals surface area contributed by atoms with Gasteiger partial charge < -0.3 is 4.90 Å². The van der Waals surface area contributed by atoms with Crippen molar-refractivity contribution in [2.75, 3.05) is 4.90 Å². The molecule has 0 aromatic heterocycles. The first-order valence-electron chi connectivity index (χ1n) is 6.52. The normalized spacial score (nSPS) is 17.4. The zero-order valence-electron chi connectivity index (χ0n) is 10.9. The van der Waals surface area contributed by atoms with Gasteiger partial charge in [-0.15, -0.1) is 0 Å². The average molecular weight is 253 g/mol. The molecule has 96 valence electrons. The summed E-state index contributed by atoms with van der Waals surface area (Å²) >= 11 is 0. The number of para-hydroxylation sites is 1. The molecule has 2 heteroatoms. The maximum absolute atomic E-state index is 12.9. The molecule has 2 aromatic carbocycles. The van der Waals surface area contributed by atoms with Gasteiger partial charge in [0.05, 0.1) is 0 Å². The van der Waals surface area contributed by atoms with Crippen molar-refractivity contribution < 1.29 is 4.39 Å². The van der Waals surface area contributed by atoms with E-state index in [1.165, 1.54) is 23.4 Å². The number of hydrogen-bond donors (Lipinski definition) is 0. The molecule has 0 radical (unpaired) electrons. The van der Waals surface area contributed by atoms with Gasteiger partial charge in [-0.2, -0.15) is 0 Å². The average Bonchev–Trinajstić information content (AvgIpc) is 2.45. The van der Waals surface area contributed by atoms with Crippen LogP contribution in [-0.4, -0.2) is 0 Å². The molecule has 1 nitrogen and oxygen atoms in total. The summed E-state index contributed by atoms with van der Waals surface area (Å²) < 4.78 is 12.9. The molecule has 1 heterocycles. The van der Waals surface area contributed by atoms with E-state index in [0.717, 1.165) is 12.1 Å². The number of hydrogen-bond acceptors (Lipinski definition) is 1. The summed E-state index contributed by atoms with van der Waals surface area (Å²) in [4.78, 5) is 2.21. The summed E-state index contributed by atoms with van der Waals surface area (Å²) in [5.74, 6) is 0.257. The Labute approximate surface area is 113 Å². The topological polar surface area (TPSA) is 3.24 Å². The van der Waals surface area contributed by atoms with Crippen molar-refractivity contribution in [2.24, 2.45) is 0 Å². The van der Waals surface area contributed by atoms with Crippen molar-refractivity contribution in [1.29, 1.82) is 0 Å². The molecule has 1 unspecified atom stereocenters. The maximum atomic E-state index is 12.9. The largest absolute Gasteiger partial charge is 0.344 e. The molecule has 0 aliphatic carbocycles. The van der Waals surface area contributed by atoms with Crippen LogP contribution in [0.1, 0.15) is 24.0 Å². The Balaban J connectivity index is 1.89. The third kappa shape index (κ3) is 2.39. The van der Waals surface area contributed by atoms with E-state index >= 15 is 0 Å². The van der Waals surface area contributed by atoms with Crippen LogP contribution in [-0.2, 0) is 6.54 Å². The molecule has 0 saturated carbocycles. The fourth-order valence-electron chi connectivity index (χ4n) is 2.48. The number of fused-ring (bicyclic) bond motifs is 1. The fourth-order valence-corrected chi connectivity index (χ4v) is 2.48. The molecular weight excluding hydrogens is 237 g/mol. The second-order valence-corrected chi connectivity index (χ2v) is 4.94. The summed E-state index contributed by atoms with van der Waals surface area (Å²) in [7, 11) is 0. The van der Waals surface area contributed by atoms with Crippen LogP contribution >= 0.6 is 0 Å². The molecule has 0 bridgehead atoms. The summed E-state index contributed by atoms with van der Waals surface area (Å²) in [6.07, 6.45) is 4.32. The summed E-state index contributed by atoms with van der Waals surface area (Å²) in [6.45, 7) is 2.96. The van der Waals surface area contributed by atoms with Gasteiger partial charge in [0.25, 0.3) is 0 Å². The Hall–Kier alpha value is -2.09. The lowest BCUT2D eigenvalue weighted by Crippen LogP contribution is -2.20. The van der Waals surface area contributed by atoms with Gasteiger partial charge >= 0.3 is 0 Å². The molecule has 0 spiro atoms. The number of rotatable bonds is 2. The number of halogens is 1. The summed E-state index contributed by atoms with van der Waals surface area (Å²) in [6, 6.07) is 15.1. The van der Waals surface area contributed by atoms with E-state index in [0.29, 0.717) is 5.92 Å². The lowest BCUT2D eigenvalue weighted by atomic mass is 9.95. The molecule has 0 fully saturated rings. The van der Waals surface area contributed by atoms with E-state index in [9.17, 15) is 4.39 Å². The predicted molar refractivity (Wildman–Crippen MR) is 76.6 cm³/mol. The quantitative estimate of drug-likeness (QED) is 0.763. The van der Waals surface area contributed by atoms with Gasteiger partial charge in [0.2, 0.25) is 0 Å². The Bertz CT molecular complexity index is 601. The van der Waals surface area contributed by atoms with Crippen molar-refractivity contribution in [2.45, 2.75) is 19.4 Å². The maximum Gasteiger partial charge on any atom is 0.123 e. The number of nitrogens with zero attached hydrogens (tertiary/aromatic N) is 1. The van der Waals surface area contributed by atoms with Crippen LogP contribution in [0.4, 0.5) is 10.1 Å². The van der Waals surface area contributed by atoms with Gasteiger partial charge in [0.15, 0.2) is 0 Å². The van der Waals surface area contributed by atoms with E-state index in [1.807, 2.05) is 12.1 Å². The Morgan fingerprint density at radius 1 is 1.05 bits per heavy atom. The lowest BCUT2D eigenvalue weighted by molar-refractivity contribution is 0.627. The number of anilines is 1. The standard InChI is InChI=1S/C17H16FN/c1-13-10-11-19(17-5-3-2-4-16(13)17)12-14-6-8-15(18)9-7-14/h2-11,13H,12H2,1H3. The first-order chi connectivity index (χ1) is 9.24. The molecule has 0 amide bonds. The summed E-state index contributed by atoms with van der Waals surface area (Å²) in [5.41, 5.74) is 3.68. The molecule has 3 rings (SSSR count). The molecule has 0 N–H and O–H groups in total. The van der Waals surface area contributed by atoms with Gasteiger partial charge in [-0.3, -0.25) is 0 Å². The van der Waals surface area contributed by atoms with Crippen LogP contribution in [0, 0.1) is 5.82 Å². The highest BCUT2D eigenvalue weighted by Gasteiger charge is 2.17. The minimum absolute atomic E-state index is 0.188. The van der Waals surface area contributed by atoms with Crippen LogP contribution in [0.15, 0.2) is 60.8 Å². The molecule has 0 saturated heterocycles. The first kappa shape index (κ1) is 12.0. The van der Waals surface area contributed by atoms with Crippen molar-refractivity contribution in [3.05, 3.63) is 77.8 Å². The summed E-state index contributed by atoms with van der Waals surface area (Å²) in [5, 5.41) is 0. The fraction of sp³-hybridized carbons (Fsp3) is 0.176. The highest BCUT2D eigenvalue weighted by molar-refractivity contribution is 5.60. The van der Waals surface area contributed by atoms with Gasteiger partial charge in [-0.05, 0) is 29.3 Å². The number of allylic oxidation sites excluding steroid dienone is 1. The lowest BCUT2D eigenvalue weighted by Gasteiger charge is -2.29. The molecule has 19 heavy (non-hydrogen) atoms. The molecule has 1 aliphatic rings. The van der Waals surface area contributed by atoms with Gasteiger partial charge in [0.1, 0.15) is 5.82 Å². The van der Waals surface area contributed by atoms with Crippen LogP contribution in [0.2, 0.25) is 0 Å². The number of benzene rings is 2. The van der Waals surface area contributed by atoms with Crippen molar-refractivity contribution in [3.63, 3.8) is 0 Å². The van der Waals surface area contributed by atoms with Crippen molar-refractivity contribution in [3.8, 4) is 0 Å². The van der Waals surface area contributed by atoms with Crippen molar-refractivity contribution in [1.82, 2.24) is 0 Å². The minimum atomic E-state index is -0.188. The monoisotopic (exact) mass is 253 g/mol. The first-order valence-corrected chi connectivity index (χ1v) is 6.52. The Morgan fingerprint density at radius 3 is 2.58 bits per heavy atom. The van der Waals surface area contributed by atoms with E-state index in [2.05, 4.69) is 48.4 Å². The molecule has 2 aromatic rings. The van der Waals surface area contributed by atoms with Crippen LogP contribution in [0.5, 0.6) is 0 Å². The van der Waals surface area contributed by atoms with E-state index in [1.54, 1.807) is 0 Å². The zero-order valence-corrected chi connectivity index (χ0v) is 10.9.